The summed E-state index contributed by atoms with van der Waals surface area (Å²) in [6.45, 7) is 5.13. The number of aromatic nitrogens is 1. The Hall–Kier alpha value is -3.55. The van der Waals surface area contributed by atoms with Crippen LogP contribution in [0.5, 0.6) is 0 Å². The van der Waals surface area contributed by atoms with E-state index in [0.29, 0.717) is 13.1 Å². The molecule has 2 heterocycles. The fraction of sp³-hybridized carbons (Fsp3) is 0.300. The number of nitrogens with one attached hydrogen (secondary N) is 1. The van der Waals surface area contributed by atoms with Gasteiger partial charge in [-0.15, -0.1) is 0 Å². The highest BCUT2D eigenvalue weighted by Gasteiger charge is 2.23. The lowest BCUT2D eigenvalue weighted by atomic mass is 9.88. The molecule has 0 bridgehead atoms. The molecule has 5 nitrogen and oxygen atoms in total. The van der Waals surface area contributed by atoms with Crippen molar-refractivity contribution in [3.05, 3.63) is 107 Å². The standard InChI is InChI=1S/C30H31F2N3O2/c31-24-9-5-22(6-10-24)20-35-21-28(26-3-1-2-4-29(26)35)27(23-7-11-25(32)12-8-23)19-30(36)33-13-14-34-15-17-37-18-16-34/h1-12,21,27H,13-20H2,(H,33,36)/t27-/m1/s1. The molecule has 0 saturated carbocycles. The third-order valence-corrected chi connectivity index (χ3v) is 6.98. The second-order valence-corrected chi connectivity index (χ2v) is 9.47. The molecule has 7 heteroatoms. The first-order chi connectivity index (χ1) is 18.1. The summed E-state index contributed by atoms with van der Waals surface area (Å²) in [5, 5.41) is 4.12. The van der Waals surface area contributed by atoms with E-state index in [0.717, 1.165) is 60.4 Å². The molecule has 0 aliphatic carbocycles. The van der Waals surface area contributed by atoms with Crippen LogP contribution in [0.2, 0.25) is 0 Å². The Morgan fingerprint density at radius 2 is 1.59 bits per heavy atom. The van der Waals surface area contributed by atoms with Crippen LogP contribution in [0.25, 0.3) is 10.9 Å². The molecule has 1 aromatic heterocycles. The quantitative estimate of drug-likeness (QED) is 0.352. The number of halogens is 2. The molecule has 1 saturated heterocycles. The molecule has 1 fully saturated rings. The topological polar surface area (TPSA) is 46.5 Å². The molecule has 1 aliphatic rings. The molecule has 1 aliphatic heterocycles. The summed E-state index contributed by atoms with van der Waals surface area (Å²) < 4.78 is 34.7. The number of carbonyl (C=O) groups is 1. The van der Waals surface area contributed by atoms with Crippen molar-refractivity contribution in [2.24, 2.45) is 0 Å². The average molecular weight is 504 g/mol. The summed E-state index contributed by atoms with van der Waals surface area (Å²) >= 11 is 0. The van der Waals surface area contributed by atoms with E-state index in [-0.39, 0.29) is 29.9 Å². The van der Waals surface area contributed by atoms with Crippen LogP contribution < -0.4 is 5.32 Å². The van der Waals surface area contributed by atoms with E-state index < -0.39 is 0 Å². The third kappa shape index (κ3) is 6.24. The van der Waals surface area contributed by atoms with Crippen LogP contribution in [-0.4, -0.2) is 54.8 Å². The molecule has 192 valence electrons. The number of hydrogen-bond acceptors (Lipinski definition) is 3. The second kappa shape index (κ2) is 11.7. The molecule has 1 N–H and O–H groups in total. The summed E-state index contributed by atoms with van der Waals surface area (Å²) in [6, 6.07) is 21.0. The van der Waals surface area contributed by atoms with Crippen LogP contribution in [0.15, 0.2) is 79.0 Å². The lowest BCUT2D eigenvalue weighted by Crippen LogP contribution is -2.41. The molecule has 1 amide bonds. The average Bonchev–Trinajstić information content (AvgIpc) is 3.28. The van der Waals surface area contributed by atoms with E-state index in [4.69, 9.17) is 4.74 Å². The zero-order valence-corrected chi connectivity index (χ0v) is 20.7. The van der Waals surface area contributed by atoms with Crippen LogP contribution >= 0.6 is 0 Å². The molecular weight excluding hydrogens is 472 g/mol. The molecule has 4 aromatic rings. The largest absolute Gasteiger partial charge is 0.379 e. The Kier molecular flexibility index (Phi) is 7.92. The maximum atomic E-state index is 13.8. The minimum Gasteiger partial charge on any atom is -0.379 e. The number of carbonyl (C=O) groups excluding carboxylic acids is 1. The van der Waals surface area contributed by atoms with Gasteiger partial charge >= 0.3 is 0 Å². The number of nitrogens with zero attached hydrogens (tertiary/aromatic N) is 2. The first-order valence-corrected chi connectivity index (χ1v) is 12.7. The van der Waals surface area contributed by atoms with Gasteiger partial charge in [-0.1, -0.05) is 42.5 Å². The van der Waals surface area contributed by atoms with Crippen molar-refractivity contribution in [2.45, 2.75) is 18.9 Å². The van der Waals surface area contributed by atoms with Crippen LogP contribution in [-0.2, 0) is 16.1 Å². The van der Waals surface area contributed by atoms with Gasteiger partial charge in [0.25, 0.3) is 0 Å². The highest BCUT2D eigenvalue weighted by molar-refractivity contribution is 5.86. The SMILES string of the molecule is O=C(C[C@H](c1ccc(F)cc1)c1cn(Cc2ccc(F)cc2)c2ccccc12)NCCN1CCOCC1. The maximum Gasteiger partial charge on any atom is 0.220 e. The minimum absolute atomic E-state index is 0.0436. The lowest BCUT2D eigenvalue weighted by molar-refractivity contribution is -0.121. The van der Waals surface area contributed by atoms with Crippen LogP contribution in [0.4, 0.5) is 8.78 Å². The molecule has 3 aromatic carbocycles. The van der Waals surface area contributed by atoms with Crippen LogP contribution in [0, 0.1) is 11.6 Å². The number of morpholine rings is 1. The monoisotopic (exact) mass is 503 g/mol. The zero-order chi connectivity index (χ0) is 25.6. The Morgan fingerprint density at radius 1 is 0.919 bits per heavy atom. The fourth-order valence-electron chi connectivity index (χ4n) is 5.01. The van der Waals surface area contributed by atoms with Crippen molar-refractivity contribution < 1.29 is 18.3 Å². The number of amides is 1. The molecule has 0 radical (unpaired) electrons. The van der Waals surface area contributed by atoms with Gasteiger partial charge in [-0.3, -0.25) is 9.69 Å². The van der Waals surface area contributed by atoms with Gasteiger partial charge < -0.3 is 14.6 Å². The summed E-state index contributed by atoms with van der Waals surface area (Å²) in [7, 11) is 0. The van der Waals surface area contributed by atoms with Crippen molar-refractivity contribution in [3.63, 3.8) is 0 Å². The predicted octanol–water partition coefficient (Wildman–Crippen LogP) is 4.94. The maximum absolute atomic E-state index is 13.8. The van der Waals surface area contributed by atoms with E-state index >= 15 is 0 Å². The first-order valence-electron chi connectivity index (χ1n) is 12.7. The Bertz CT molecular complexity index is 1330. The molecule has 0 unspecified atom stereocenters. The van der Waals surface area contributed by atoms with Gasteiger partial charge in [0.15, 0.2) is 0 Å². The number of para-hydroxylation sites is 1. The van der Waals surface area contributed by atoms with Gasteiger partial charge in [-0.2, -0.15) is 0 Å². The van der Waals surface area contributed by atoms with Crippen molar-refractivity contribution in [3.8, 4) is 0 Å². The van der Waals surface area contributed by atoms with E-state index in [9.17, 15) is 13.6 Å². The zero-order valence-electron chi connectivity index (χ0n) is 20.7. The highest BCUT2D eigenvalue weighted by Crippen LogP contribution is 2.35. The number of fused-ring (bicyclic) bond motifs is 1. The van der Waals surface area contributed by atoms with Gasteiger partial charge in [0.1, 0.15) is 11.6 Å². The van der Waals surface area contributed by atoms with E-state index in [1.807, 2.05) is 18.2 Å². The normalized spacial score (nSPS) is 15.1. The number of benzene rings is 3. The Labute approximate surface area is 215 Å². The third-order valence-electron chi connectivity index (χ3n) is 6.98. The number of ether oxygens (including phenoxy) is 1. The van der Waals surface area contributed by atoms with Crippen molar-refractivity contribution >= 4 is 16.8 Å². The number of rotatable bonds is 9. The molecule has 1 atom stereocenters. The number of hydrogen-bond donors (Lipinski definition) is 1. The minimum atomic E-state index is -0.309. The predicted molar refractivity (Wildman–Crippen MR) is 141 cm³/mol. The molecule has 37 heavy (non-hydrogen) atoms. The fourth-order valence-corrected chi connectivity index (χ4v) is 5.01. The highest BCUT2D eigenvalue weighted by atomic mass is 19.1. The van der Waals surface area contributed by atoms with Gasteiger partial charge in [-0.05, 0) is 47.0 Å². The molecule has 0 spiro atoms. The van der Waals surface area contributed by atoms with Crippen molar-refractivity contribution in [1.82, 2.24) is 14.8 Å². The Morgan fingerprint density at radius 3 is 2.32 bits per heavy atom. The van der Waals surface area contributed by atoms with Crippen LogP contribution in [0.3, 0.4) is 0 Å². The lowest BCUT2D eigenvalue weighted by Gasteiger charge is -2.26. The summed E-state index contributed by atoms with van der Waals surface area (Å²) in [5.74, 6) is -0.865. The van der Waals surface area contributed by atoms with E-state index in [2.05, 4.69) is 27.0 Å². The summed E-state index contributed by atoms with van der Waals surface area (Å²) in [4.78, 5) is 15.4. The summed E-state index contributed by atoms with van der Waals surface area (Å²) in [6.07, 6.45) is 2.32. The Balaban J connectivity index is 1.41. The molecule has 5 rings (SSSR count). The van der Waals surface area contributed by atoms with E-state index in [1.165, 1.54) is 24.3 Å². The van der Waals surface area contributed by atoms with Gasteiger partial charge in [0.05, 0.1) is 13.2 Å². The summed E-state index contributed by atoms with van der Waals surface area (Å²) in [5.41, 5.74) is 3.90. The smallest absolute Gasteiger partial charge is 0.220 e. The van der Waals surface area contributed by atoms with Gasteiger partial charge in [0, 0.05) is 62.2 Å². The molecular formula is C30H31F2N3O2. The van der Waals surface area contributed by atoms with Crippen molar-refractivity contribution in [1.29, 1.82) is 0 Å². The first kappa shape index (κ1) is 25.1. The van der Waals surface area contributed by atoms with Crippen molar-refractivity contribution in [2.75, 3.05) is 39.4 Å². The van der Waals surface area contributed by atoms with Gasteiger partial charge in [0.2, 0.25) is 5.91 Å². The van der Waals surface area contributed by atoms with Crippen LogP contribution in [0.1, 0.15) is 29.0 Å². The van der Waals surface area contributed by atoms with E-state index in [1.54, 1.807) is 24.3 Å². The second-order valence-electron chi connectivity index (χ2n) is 9.47. The van der Waals surface area contributed by atoms with Gasteiger partial charge in [-0.25, -0.2) is 8.78 Å².